The molecule has 2 N–H and O–H groups in total. The van der Waals surface area contributed by atoms with Crippen LogP contribution in [0.5, 0.6) is 0 Å². The van der Waals surface area contributed by atoms with Crippen molar-refractivity contribution < 1.29 is 9.59 Å². The molecule has 0 radical (unpaired) electrons. The van der Waals surface area contributed by atoms with E-state index in [9.17, 15) is 4.79 Å². The minimum atomic E-state index is -0.157. The number of thiazole rings is 1. The fourth-order valence-corrected chi connectivity index (χ4v) is 4.90. The van der Waals surface area contributed by atoms with E-state index in [-0.39, 0.29) is 5.91 Å². The lowest BCUT2D eigenvalue weighted by Crippen LogP contribution is -2.24. The van der Waals surface area contributed by atoms with Gasteiger partial charge in [0.2, 0.25) is 0 Å². The monoisotopic (exact) mass is 575 g/mol. The van der Waals surface area contributed by atoms with Gasteiger partial charge in [-0.25, -0.2) is 4.98 Å². The van der Waals surface area contributed by atoms with Gasteiger partial charge in [-0.3, -0.25) is 4.79 Å². The Labute approximate surface area is 242 Å². The van der Waals surface area contributed by atoms with Crippen molar-refractivity contribution in [3.8, 4) is 0 Å². The molecular formula is C30H42ClN3O2S2. The van der Waals surface area contributed by atoms with Crippen LogP contribution in [0.4, 0.5) is 0 Å². The Bertz CT molecular complexity index is 1140. The van der Waals surface area contributed by atoms with Gasteiger partial charge in [-0.2, -0.15) is 0 Å². The van der Waals surface area contributed by atoms with E-state index in [0.29, 0.717) is 22.7 Å². The molecule has 1 aromatic heterocycles. The fourth-order valence-electron chi connectivity index (χ4n) is 3.00. The van der Waals surface area contributed by atoms with Crippen molar-refractivity contribution in [2.24, 2.45) is 0 Å². The first-order chi connectivity index (χ1) is 18.4. The molecule has 38 heavy (non-hydrogen) atoms. The maximum Gasteiger partial charge on any atom is 0.255 e. The van der Waals surface area contributed by atoms with Crippen LogP contribution in [0.2, 0.25) is 0 Å². The number of nitrogens with one attached hydrogen (secondary N) is 2. The number of hydrogen-bond donors (Lipinski definition) is 2. The van der Waals surface area contributed by atoms with Gasteiger partial charge in [-0.05, 0) is 69.6 Å². The van der Waals surface area contributed by atoms with E-state index in [2.05, 4.69) is 46.8 Å². The number of nitrogens with zero attached hydrogens (tertiary/aromatic N) is 1. The highest BCUT2D eigenvalue weighted by atomic mass is 35.5. The Morgan fingerprint density at radius 2 is 1.79 bits per heavy atom. The normalized spacial score (nSPS) is 11.1. The second-order valence-corrected chi connectivity index (χ2v) is 10.3. The molecule has 0 aliphatic rings. The van der Waals surface area contributed by atoms with Crippen LogP contribution in [0.3, 0.4) is 0 Å². The molecule has 0 bridgehead atoms. The molecule has 0 saturated carbocycles. The topological polar surface area (TPSA) is 71.1 Å². The Balaban J connectivity index is 0.000000723. The van der Waals surface area contributed by atoms with Gasteiger partial charge in [0.1, 0.15) is 6.79 Å². The van der Waals surface area contributed by atoms with Gasteiger partial charge >= 0.3 is 0 Å². The van der Waals surface area contributed by atoms with Crippen LogP contribution in [0.15, 0.2) is 75.8 Å². The average molecular weight is 576 g/mol. The zero-order valence-corrected chi connectivity index (χ0v) is 26.1. The van der Waals surface area contributed by atoms with Crippen LogP contribution in [-0.4, -0.2) is 36.5 Å². The molecule has 0 saturated heterocycles. The zero-order valence-electron chi connectivity index (χ0n) is 23.7. The molecule has 0 spiro atoms. The van der Waals surface area contributed by atoms with Gasteiger partial charge in [-0.1, -0.05) is 63.6 Å². The molecule has 3 aromatic rings. The Morgan fingerprint density at radius 1 is 1.13 bits per heavy atom. The quantitative estimate of drug-likeness (QED) is 0.152. The summed E-state index contributed by atoms with van der Waals surface area (Å²) in [6.07, 6.45) is 2.61. The fraction of sp³-hybridized carbons (Fsp3) is 0.367. The predicted octanol–water partition coefficient (Wildman–Crippen LogP) is 8.39. The molecule has 0 fully saturated rings. The van der Waals surface area contributed by atoms with Crippen LogP contribution in [0, 0.1) is 6.92 Å². The summed E-state index contributed by atoms with van der Waals surface area (Å²) in [4.78, 5) is 26.3. The molecule has 1 amide bonds. The standard InChI is InChI=1S/C17H19ClN2OS.C10H15NS.C2H6.CH2O/c1-5-10(3)16(13(18)6-2)20-17(21)12-7-8-14-15(9-12)22-11(4)19-14;1-2-11-8-9-12-10-6-4-3-5-7-10;2*1-2/h5,7-9H,6H2,1-4H3,(H,20,21);3-7,11H,2,8-9H2,1H3;1-2H3;1H2/b10-5-,16-13-;;;. The molecule has 5 nitrogen and oxygen atoms in total. The highest BCUT2D eigenvalue weighted by Gasteiger charge is 2.13. The Morgan fingerprint density at radius 3 is 2.37 bits per heavy atom. The van der Waals surface area contributed by atoms with Crippen molar-refractivity contribution in [2.45, 2.75) is 59.8 Å². The average Bonchev–Trinajstić information content (AvgIpc) is 3.35. The minimum Gasteiger partial charge on any atom is -0.321 e. The number of rotatable bonds is 9. The number of halogens is 1. The maximum atomic E-state index is 12.5. The summed E-state index contributed by atoms with van der Waals surface area (Å²) < 4.78 is 1.01. The van der Waals surface area contributed by atoms with Gasteiger partial charge in [0.25, 0.3) is 5.91 Å². The number of amides is 1. The lowest BCUT2D eigenvalue weighted by Gasteiger charge is -2.12. The van der Waals surface area contributed by atoms with Crippen molar-refractivity contribution in [3.63, 3.8) is 0 Å². The molecule has 2 aromatic carbocycles. The van der Waals surface area contributed by atoms with E-state index in [0.717, 1.165) is 39.6 Å². The molecule has 1 heterocycles. The van der Waals surface area contributed by atoms with E-state index >= 15 is 0 Å². The van der Waals surface area contributed by atoms with Crippen LogP contribution in [0.25, 0.3) is 10.2 Å². The second-order valence-electron chi connectivity index (χ2n) is 7.49. The minimum absolute atomic E-state index is 0.157. The van der Waals surface area contributed by atoms with Gasteiger partial charge in [0.15, 0.2) is 0 Å². The third-order valence-electron chi connectivity index (χ3n) is 4.95. The number of thioether (sulfide) groups is 1. The predicted molar refractivity (Wildman–Crippen MR) is 169 cm³/mol. The maximum absolute atomic E-state index is 12.5. The lowest BCUT2D eigenvalue weighted by molar-refractivity contribution is -0.0980. The number of aromatic nitrogens is 1. The summed E-state index contributed by atoms with van der Waals surface area (Å²) in [6.45, 7) is 18.1. The van der Waals surface area contributed by atoms with Crippen molar-refractivity contribution in [2.75, 3.05) is 18.8 Å². The van der Waals surface area contributed by atoms with Crippen LogP contribution < -0.4 is 10.6 Å². The Kier molecular flexibility index (Phi) is 20.1. The smallest absolute Gasteiger partial charge is 0.255 e. The lowest BCUT2D eigenvalue weighted by atomic mass is 10.1. The summed E-state index contributed by atoms with van der Waals surface area (Å²) in [5.74, 6) is 0.994. The van der Waals surface area contributed by atoms with E-state index in [1.165, 1.54) is 4.90 Å². The highest BCUT2D eigenvalue weighted by molar-refractivity contribution is 7.99. The second kappa shape index (κ2) is 21.5. The summed E-state index contributed by atoms with van der Waals surface area (Å²) in [5.41, 5.74) is 3.18. The number of carbonyl (C=O) groups is 2. The molecule has 0 unspecified atom stereocenters. The largest absolute Gasteiger partial charge is 0.321 e. The number of carbonyl (C=O) groups excluding carboxylic acids is 2. The third-order valence-corrected chi connectivity index (χ3v) is 7.35. The first-order valence-electron chi connectivity index (χ1n) is 12.8. The highest BCUT2D eigenvalue weighted by Crippen LogP contribution is 2.24. The van der Waals surface area contributed by atoms with Gasteiger partial charge in [0, 0.05) is 27.8 Å². The van der Waals surface area contributed by atoms with E-state index in [1.54, 1.807) is 17.4 Å². The zero-order chi connectivity index (χ0) is 28.9. The summed E-state index contributed by atoms with van der Waals surface area (Å²) >= 11 is 9.73. The van der Waals surface area contributed by atoms with Crippen molar-refractivity contribution >= 4 is 57.6 Å². The molecule has 0 aliphatic heterocycles. The Hall–Kier alpha value is -2.45. The van der Waals surface area contributed by atoms with Gasteiger partial charge in [-0.15, -0.1) is 23.1 Å². The van der Waals surface area contributed by atoms with Gasteiger partial charge in [0.05, 0.1) is 20.9 Å². The molecular weight excluding hydrogens is 534 g/mol. The van der Waals surface area contributed by atoms with E-state index < -0.39 is 0 Å². The van der Waals surface area contributed by atoms with Crippen molar-refractivity contribution in [3.05, 3.63) is 81.5 Å². The number of benzene rings is 2. The van der Waals surface area contributed by atoms with Crippen LogP contribution >= 0.6 is 34.7 Å². The number of hydrogen-bond acceptors (Lipinski definition) is 6. The summed E-state index contributed by atoms with van der Waals surface area (Å²) in [5, 5.41) is 7.87. The molecule has 3 rings (SSSR count). The molecule has 8 heteroatoms. The first-order valence-corrected chi connectivity index (χ1v) is 14.9. The van der Waals surface area contributed by atoms with Gasteiger partial charge < -0.3 is 15.4 Å². The first kappa shape index (κ1) is 35.5. The van der Waals surface area contributed by atoms with Crippen molar-refractivity contribution in [1.82, 2.24) is 15.6 Å². The third kappa shape index (κ3) is 12.9. The summed E-state index contributed by atoms with van der Waals surface area (Å²) in [6, 6.07) is 16.0. The number of allylic oxidation sites excluding steroid dienone is 3. The van der Waals surface area contributed by atoms with Crippen LogP contribution in [0.1, 0.15) is 63.3 Å². The number of aryl methyl sites for hydroxylation is 1. The summed E-state index contributed by atoms with van der Waals surface area (Å²) in [7, 11) is 0. The molecule has 0 aliphatic carbocycles. The SMILES string of the molecule is C/C=C(C)\C(NC(=O)c1ccc2nc(C)sc2c1)=C(\Cl)CC.C=O.CC.CCNCCSc1ccccc1. The molecule has 208 valence electrons. The van der Waals surface area contributed by atoms with E-state index in [1.807, 2.05) is 84.4 Å². The van der Waals surface area contributed by atoms with Crippen LogP contribution in [-0.2, 0) is 4.79 Å². The van der Waals surface area contributed by atoms with E-state index in [4.69, 9.17) is 16.4 Å². The van der Waals surface area contributed by atoms with Crippen molar-refractivity contribution in [1.29, 1.82) is 0 Å². The number of fused-ring (bicyclic) bond motifs is 1. The molecule has 0 atom stereocenters.